The molecule has 3 rings (SSSR count). The normalized spacial score (nSPS) is 19.3. The van der Waals surface area contributed by atoms with E-state index < -0.39 is 0 Å². The summed E-state index contributed by atoms with van der Waals surface area (Å²) >= 11 is 0. The molecule has 1 aliphatic rings. The first kappa shape index (κ1) is 13.5. The first-order valence-corrected chi connectivity index (χ1v) is 7.57. The lowest BCUT2D eigenvalue weighted by Gasteiger charge is -2.22. The monoisotopic (exact) mass is 270 g/mol. The Morgan fingerprint density at radius 2 is 2.20 bits per heavy atom. The third kappa shape index (κ3) is 3.56. The number of hydrogen-bond acceptors (Lipinski definition) is 3. The standard InChI is InChI=1S/C17H22N2O/c1-2-10-20-17(3-1)7-9-18-12-14-4-5-16-13-19-8-6-15(16)11-14/h4-6,8,11,13,17-18H,1-3,7,9-10,12H2. The van der Waals surface area contributed by atoms with E-state index >= 15 is 0 Å². The van der Waals surface area contributed by atoms with E-state index in [9.17, 15) is 0 Å². The third-order valence-electron chi connectivity index (χ3n) is 3.95. The van der Waals surface area contributed by atoms with Gasteiger partial charge in [0.05, 0.1) is 6.10 Å². The minimum atomic E-state index is 0.471. The Hall–Kier alpha value is -1.45. The summed E-state index contributed by atoms with van der Waals surface area (Å²) in [4.78, 5) is 4.14. The van der Waals surface area contributed by atoms with E-state index in [-0.39, 0.29) is 0 Å². The van der Waals surface area contributed by atoms with Gasteiger partial charge in [-0.1, -0.05) is 12.1 Å². The molecule has 1 saturated heterocycles. The highest BCUT2D eigenvalue weighted by Gasteiger charge is 2.12. The van der Waals surface area contributed by atoms with Gasteiger partial charge in [-0.3, -0.25) is 4.98 Å². The van der Waals surface area contributed by atoms with Crippen LogP contribution in [0, 0.1) is 0 Å². The smallest absolute Gasteiger partial charge is 0.0587 e. The Morgan fingerprint density at radius 1 is 1.20 bits per heavy atom. The molecule has 3 heteroatoms. The van der Waals surface area contributed by atoms with E-state index in [1.807, 2.05) is 12.4 Å². The molecule has 0 radical (unpaired) electrons. The highest BCUT2D eigenvalue weighted by Crippen LogP contribution is 2.16. The van der Waals surface area contributed by atoms with Crippen LogP contribution in [-0.2, 0) is 11.3 Å². The Kier molecular flexibility index (Phi) is 4.61. The number of hydrogen-bond donors (Lipinski definition) is 1. The largest absolute Gasteiger partial charge is 0.378 e. The van der Waals surface area contributed by atoms with Crippen LogP contribution in [0.15, 0.2) is 36.7 Å². The maximum Gasteiger partial charge on any atom is 0.0587 e. The van der Waals surface area contributed by atoms with Crippen LogP contribution >= 0.6 is 0 Å². The number of aromatic nitrogens is 1. The number of benzene rings is 1. The van der Waals surface area contributed by atoms with Crippen molar-refractivity contribution in [1.82, 2.24) is 10.3 Å². The zero-order valence-corrected chi connectivity index (χ0v) is 11.8. The number of nitrogens with zero attached hydrogens (tertiary/aromatic N) is 1. The lowest BCUT2D eigenvalue weighted by atomic mass is 10.1. The molecule has 20 heavy (non-hydrogen) atoms. The summed E-state index contributed by atoms with van der Waals surface area (Å²) in [5, 5.41) is 5.98. The number of pyridine rings is 1. The summed E-state index contributed by atoms with van der Waals surface area (Å²) in [7, 11) is 0. The molecule has 106 valence electrons. The number of ether oxygens (including phenoxy) is 1. The minimum Gasteiger partial charge on any atom is -0.378 e. The fourth-order valence-corrected chi connectivity index (χ4v) is 2.77. The summed E-state index contributed by atoms with van der Waals surface area (Å²) in [5.41, 5.74) is 1.33. The molecular formula is C17H22N2O. The van der Waals surface area contributed by atoms with Crippen molar-refractivity contribution in [3.05, 3.63) is 42.2 Å². The highest BCUT2D eigenvalue weighted by molar-refractivity contribution is 5.81. The van der Waals surface area contributed by atoms with Crippen LogP contribution in [-0.4, -0.2) is 24.2 Å². The van der Waals surface area contributed by atoms with Crippen LogP contribution in [0.5, 0.6) is 0 Å². The molecule has 1 aliphatic heterocycles. The third-order valence-corrected chi connectivity index (χ3v) is 3.95. The number of fused-ring (bicyclic) bond motifs is 1. The molecule has 0 saturated carbocycles. The summed E-state index contributed by atoms with van der Waals surface area (Å²) in [5.74, 6) is 0. The van der Waals surface area contributed by atoms with Crippen molar-refractivity contribution >= 4 is 10.8 Å². The van der Waals surface area contributed by atoms with Crippen molar-refractivity contribution in [2.75, 3.05) is 13.2 Å². The van der Waals surface area contributed by atoms with Crippen molar-refractivity contribution in [3.8, 4) is 0 Å². The molecule has 1 fully saturated rings. The second-order valence-corrected chi connectivity index (χ2v) is 5.51. The van der Waals surface area contributed by atoms with Crippen LogP contribution in [0.4, 0.5) is 0 Å². The Morgan fingerprint density at radius 3 is 3.10 bits per heavy atom. The molecule has 1 unspecified atom stereocenters. The van der Waals surface area contributed by atoms with E-state index in [4.69, 9.17) is 4.74 Å². The topological polar surface area (TPSA) is 34.1 Å². The fraction of sp³-hybridized carbons (Fsp3) is 0.471. The predicted molar refractivity (Wildman–Crippen MR) is 81.7 cm³/mol. The average molecular weight is 270 g/mol. The van der Waals surface area contributed by atoms with Crippen molar-refractivity contribution in [1.29, 1.82) is 0 Å². The molecule has 0 amide bonds. The van der Waals surface area contributed by atoms with Crippen LogP contribution in [0.2, 0.25) is 0 Å². The molecule has 1 atom stereocenters. The first-order chi connectivity index (χ1) is 9.92. The molecule has 0 spiro atoms. The lowest BCUT2D eigenvalue weighted by molar-refractivity contribution is 0.0115. The van der Waals surface area contributed by atoms with Gasteiger partial charge in [-0.25, -0.2) is 0 Å². The molecule has 0 bridgehead atoms. The summed E-state index contributed by atoms with van der Waals surface area (Å²) in [6.07, 6.45) is 9.13. The SMILES string of the molecule is c1cc2cc(CNCCC3CCCCO3)ccc2cn1. The lowest BCUT2D eigenvalue weighted by Crippen LogP contribution is -2.25. The van der Waals surface area contributed by atoms with Crippen molar-refractivity contribution in [2.45, 2.75) is 38.3 Å². The molecule has 1 aromatic heterocycles. The van der Waals surface area contributed by atoms with Crippen molar-refractivity contribution < 1.29 is 4.74 Å². The van der Waals surface area contributed by atoms with E-state index in [1.54, 1.807) is 0 Å². The van der Waals surface area contributed by atoms with E-state index in [2.05, 4.69) is 34.6 Å². The Bertz CT molecular complexity index is 549. The molecule has 1 N–H and O–H groups in total. The van der Waals surface area contributed by atoms with Gasteiger partial charge in [-0.2, -0.15) is 0 Å². The van der Waals surface area contributed by atoms with Gasteiger partial charge in [-0.05, 0) is 55.3 Å². The minimum absolute atomic E-state index is 0.471. The zero-order valence-electron chi connectivity index (χ0n) is 11.8. The zero-order chi connectivity index (χ0) is 13.6. The molecule has 3 nitrogen and oxygen atoms in total. The highest BCUT2D eigenvalue weighted by atomic mass is 16.5. The van der Waals surface area contributed by atoms with E-state index in [1.165, 1.54) is 35.6 Å². The summed E-state index contributed by atoms with van der Waals surface area (Å²) in [6.45, 7) is 2.90. The van der Waals surface area contributed by atoms with E-state index in [0.29, 0.717) is 6.10 Å². The maximum atomic E-state index is 5.74. The maximum absolute atomic E-state index is 5.74. The van der Waals surface area contributed by atoms with Crippen LogP contribution in [0.1, 0.15) is 31.2 Å². The quantitative estimate of drug-likeness (QED) is 0.847. The molecule has 1 aromatic carbocycles. The van der Waals surface area contributed by atoms with Crippen molar-refractivity contribution in [3.63, 3.8) is 0 Å². The molecular weight excluding hydrogens is 248 g/mol. The molecule has 2 aromatic rings. The second kappa shape index (κ2) is 6.82. The summed E-state index contributed by atoms with van der Waals surface area (Å²) in [6, 6.07) is 8.62. The Labute approximate surface area is 120 Å². The van der Waals surface area contributed by atoms with Gasteiger partial charge in [-0.15, -0.1) is 0 Å². The van der Waals surface area contributed by atoms with Gasteiger partial charge in [0.25, 0.3) is 0 Å². The molecule has 2 heterocycles. The van der Waals surface area contributed by atoms with Gasteiger partial charge in [0, 0.05) is 30.9 Å². The number of nitrogens with one attached hydrogen (secondary N) is 1. The first-order valence-electron chi connectivity index (χ1n) is 7.57. The van der Waals surface area contributed by atoms with Crippen LogP contribution in [0.3, 0.4) is 0 Å². The second-order valence-electron chi connectivity index (χ2n) is 5.51. The predicted octanol–water partition coefficient (Wildman–Crippen LogP) is 3.28. The van der Waals surface area contributed by atoms with E-state index in [0.717, 1.165) is 26.1 Å². The van der Waals surface area contributed by atoms with Crippen molar-refractivity contribution in [2.24, 2.45) is 0 Å². The van der Waals surface area contributed by atoms with Crippen LogP contribution < -0.4 is 5.32 Å². The fourth-order valence-electron chi connectivity index (χ4n) is 2.77. The average Bonchev–Trinajstić information content (AvgIpc) is 2.52. The van der Waals surface area contributed by atoms with Gasteiger partial charge < -0.3 is 10.1 Å². The van der Waals surface area contributed by atoms with Gasteiger partial charge in [0.2, 0.25) is 0 Å². The Balaban J connectivity index is 1.47. The number of rotatable bonds is 5. The van der Waals surface area contributed by atoms with Gasteiger partial charge in [0.15, 0.2) is 0 Å². The van der Waals surface area contributed by atoms with Gasteiger partial charge >= 0.3 is 0 Å². The van der Waals surface area contributed by atoms with Crippen LogP contribution in [0.25, 0.3) is 10.8 Å². The summed E-state index contributed by atoms with van der Waals surface area (Å²) < 4.78 is 5.74. The molecule has 0 aliphatic carbocycles. The van der Waals surface area contributed by atoms with Gasteiger partial charge in [0.1, 0.15) is 0 Å².